The summed E-state index contributed by atoms with van der Waals surface area (Å²) in [6, 6.07) is 10.2. The Morgan fingerprint density at radius 1 is 1.23 bits per heavy atom. The predicted molar refractivity (Wildman–Crippen MR) is 140 cm³/mol. The molecule has 35 heavy (non-hydrogen) atoms. The van der Waals surface area contributed by atoms with Crippen molar-refractivity contribution >= 4 is 36.9 Å². The minimum Gasteiger partial charge on any atom is -0.466 e. The Labute approximate surface area is 206 Å². The summed E-state index contributed by atoms with van der Waals surface area (Å²) in [5, 5.41) is 11.5. The van der Waals surface area contributed by atoms with Crippen molar-refractivity contribution in [3.05, 3.63) is 60.0 Å². The lowest BCUT2D eigenvalue weighted by molar-refractivity contribution is -0.142. The molecular weight excluding hydrogens is 462 g/mol. The van der Waals surface area contributed by atoms with Gasteiger partial charge in [0.2, 0.25) is 5.88 Å². The molecule has 2 N–H and O–H groups in total. The van der Waals surface area contributed by atoms with E-state index in [9.17, 15) is 4.79 Å². The maximum absolute atomic E-state index is 11.8. The van der Waals surface area contributed by atoms with Gasteiger partial charge in [-0.2, -0.15) is 0 Å². The average molecular weight is 496 g/mol. The average Bonchev–Trinajstić information content (AvgIpc) is 3.20. The van der Waals surface area contributed by atoms with Crippen molar-refractivity contribution in [2.24, 2.45) is 0 Å². The molecule has 0 amide bonds. The van der Waals surface area contributed by atoms with Gasteiger partial charge in [-0.25, -0.2) is 4.98 Å². The first-order chi connectivity index (χ1) is 16.8. The number of fused-ring (bicyclic) bond motifs is 1. The fraction of sp³-hybridized carbons (Fsp3) is 0.346. The monoisotopic (exact) mass is 495 g/mol. The molecule has 0 radical (unpaired) electrons. The van der Waals surface area contributed by atoms with E-state index in [1.165, 1.54) is 6.21 Å². The van der Waals surface area contributed by atoms with Crippen LogP contribution in [-0.4, -0.2) is 45.2 Å². The van der Waals surface area contributed by atoms with E-state index in [0.29, 0.717) is 30.6 Å². The second-order valence-electron chi connectivity index (χ2n) is 9.17. The lowest BCUT2D eigenvalue weighted by Gasteiger charge is -2.16. The molecule has 0 spiro atoms. The second-order valence-corrected chi connectivity index (χ2v) is 14.8. The Bertz CT molecular complexity index is 1170. The van der Waals surface area contributed by atoms with Crippen LogP contribution >= 0.6 is 0 Å². The van der Waals surface area contributed by atoms with Gasteiger partial charge in [-0.1, -0.05) is 19.6 Å². The molecule has 0 saturated heterocycles. The van der Waals surface area contributed by atoms with Crippen LogP contribution in [0.15, 0.2) is 53.3 Å². The zero-order valence-corrected chi connectivity index (χ0v) is 21.7. The Hall–Kier alpha value is -3.43. The first-order valence-corrected chi connectivity index (χ1v) is 15.3. The number of rotatable bonds is 13. The van der Waals surface area contributed by atoms with E-state index >= 15 is 0 Å². The summed E-state index contributed by atoms with van der Waals surface area (Å²) in [7, 11) is -1.13. The number of nitrogens with one attached hydrogen (secondary N) is 2. The highest BCUT2D eigenvalue weighted by Crippen LogP contribution is 2.28. The number of carbonyl (C=O) groups excluding carboxylic acids is 1. The summed E-state index contributed by atoms with van der Waals surface area (Å²) in [5.41, 5.74) is 2.96. The molecule has 0 bridgehead atoms. The number of hydrogen-bond donors (Lipinski definition) is 2. The summed E-state index contributed by atoms with van der Waals surface area (Å²) in [4.78, 5) is 16.2. The van der Waals surface area contributed by atoms with E-state index in [4.69, 9.17) is 24.0 Å². The smallest absolute Gasteiger partial charge is 0.310 e. The van der Waals surface area contributed by atoms with Crippen molar-refractivity contribution in [1.82, 2.24) is 10.3 Å². The maximum atomic E-state index is 11.8. The van der Waals surface area contributed by atoms with Crippen molar-refractivity contribution in [2.75, 3.05) is 19.9 Å². The number of ether oxygens (including phenoxy) is 3. The Morgan fingerprint density at radius 3 is 2.74 bits per heavy atom. The standard InChI is InChI=1S/C26H33N3O5Si/c1-5-32-26(30)14-20-17-33-24-15-21(7-8-22(20)24)34-25-9-6-19(16-28-25)23(10-11-27)29-18-31-12-13-35(2,3)4/h6-11,15-17,27,29H,5,12-14,18H2,1-4H3/b23-10-,27-11?. The number of hydrogen-bond acceptors (Lipinski definition) is 8. The van der Waals surface area contributed by atoms with Crippen LogP contribution in [0.5, 0.6) is 11.6 Å². The van der Waals surface area contributed by atoms with Gasteiger partial charge in [0.25, 0.3) is 0 Å². The van der Waals surface area contributed by atoms with Gasteiger partial charge in [0.15, 0.2) is 0 Å². The number of esters is 1. The Kier molecular flexibility index (Phi) is 9.22. The van der Waals surface area contributed by atoms with Crippen LogP contribution in [0.2, 0.25) is 25.7 Å². The fourth-order valence-corrected chi connectivity index (χ4v) is 4.03. The minimum absolute atomic E-state index is 0.160. The summed E-state index contributed by atoms with van der Waals surface area (Å²) in [6.45, 7) is 10.2. The SMILES string of the molecule is CCOC(=O)Cc1coc2cc(Oc3ccc(/C(=C/C=N)NCOCC[Si](C)(C)C)cn3)ccc12. The van der Waals surface area contributed by atoms with Crippen molar-refractivity contribution in [3.63, 3.8) is 0 Å². The molecule has 2 aromatic heterocycles. The highest BCUT2D eigenvalue weighted by atomic mass is 28.3. The van der Waals surface area contributed by atoms with E-state index in [-0.39, 0.29) is 12.4 Å². The number of aromatic nitrogens is 1. The lowest BCUT2D eigenvalue weighted by atomic mass is 10.1. The third kappa shape index (κ3) is 8.08. The van der Waals surface area contributed by atoms with Crippen LogP contribution in [0.4, 0.5) is 0 Å². The molecule has 3 aromatic rings. The van der Waals surface area contributed by atoms with Crippen LogP contribution in [0.25, 0.3) is 16.7 Å². The van der Waals surface area contributed by atoms with Gasteiger partial charge in [0.05, 0.1) is 19.3 Å². The van der Waals surface area contributed by atoms with Gasteiger partial charge in [-0.3, -0.25) is 4.79 Å². The van der Waals surface area contributed by atoms with Crippen molar-refractivity contribution in [2.45, 2.75) is 39.0 Å². The first kappa shape index (κ1) is 26.2. The number of carbonyl (C=O) groups is 1. The molecule has 9 heteroatoms. The summed E-state index contributed by atoms with van der Waals surface area (Å²) in [6.07, 6.45) is 6.30. The molecule has 186 valence electrons. The van der Waals surface area contributed by atoms with Gasteiger partial charge in [0, 0.05) is 61.4 Å². The normalized spacial score (nSPS) is 11.9. The minimum atomic E-state index is -1.13. The number of furan rings is 1. The quantitative estimate of drug-likeness (QED) is 0.104. The van der Waals surface area contributed by atoms with Crippen molar-refractivity contribution < 1.29 is 23.4 Å². The highest BCUT2D eigenvalue weighted by molar-refractivity contribution is 6.76. The Morgan fingerprint density at radius 2 is 2.06 bits per heavy atom. The van der Waals surface area contributed by atoms with E-state index in [1.807, 2.05) is 18.2 Å². The topological polar surface area (TPSA) is 107 Å². The van der Waals surface area contributed by atoms with Crippen molar-refractivity contribution in [3.8, 4) is 11.6 Å². The Balaban J connectivity index is 1.61. The van der Waals surface area contributed by atoms with Crippen molar-refractivity contribution in [1.29, 1.82) is 5.41 Å². The molecule has 0 aliphatic carbocycles. The third-order valence-corrected chi connectivity index (χ3v) is 6.85. The molecule has 3 rings (SSSR count). The molecular formula is C26H33N3O5Si. The number of allylic oxidation sites excluding steroid dienone is 1. The number of nitrogens with zero attached hydrogens (tertiary/aromatic N) is 1. The second kappa shape index (κ2) is 12.3. The first-order valence-electron chi connectivity index (χ1n) is 11.6. The molecule has 0 unspecified atom stereocenters. The van der Waals surface area contributed by atoms with Gasteiger partial charge < -0.3 is 29.4 Å². The molecule has 8 nitrogen and oxygen atoms in total. The molecule has 0 saturated carbocycles. The largest absolute Gasteiger partial charge is 0.466 e. The van der Waals surface area contributed by atoms with Gasteiger partial charge in [-0.15, -0.1) is 0 Å². The zero-order chi connectivity index (χ0) is 25.3. The third-order valence-electron chi connectivity index (χ3n) is 5.15. The fourth-order valence-electron chi connectivity index (χ4n) is 3.27. The maximum Gasteiger partial charge on any atom is 0.310 e. The van der Waals surface area contributed by atoms with Crippen LogP contribution in [0, 0.1) is 5.41 Å². The van der Waals surface area contributed by atoms with Gasteiger partial charge >= 0.3 is 5.97 Å². The van der Waals surface area contributed by atoms with Crippen LogP contribution in [0.1, 0.15) is 18.1 Å². The van der Waals surface area contributed by atoms with Crippen LogP contribution in [0.3, 0.4) is 0 Å². The van der Waals surface area contributed by atoms with E-state index in [2.05, 4.69) is 29.9 Å². The van der Waals surface area contributed by atoms with Gasteiger partial charge in [-0.05, 0) is 37.2 Å². The lowest BCUT2D eigenvalue weighted by Crippen LogP contribution is -2.24. The van der Waals surface area contributed by atoms with Crippen LogP contribution < -0.4 is 10.1 Å². The number of benzene rings is 1. The van der Waals surface area contributed by atoms with E-state index in [0.717, 1.165) is 34.9 Å². The molecule has 2 heterocycles. The van der Waals surface area contributed by atoms with Crippen LogP contribution in [-0.2, 0) is 20.7 Å². The molecule has 0 fully saturated rings. The summed E-state index contributed by atoms with van der Waals surface area (Å²) < 4.78 is 22.2. The number of pyridine rings is 1. The summed E-state index contributed by atoms with van der Waals surface area (Å²) in [5.74, 6) is 0.704. The molecule has 0 atom stereocenters. The molecule has 0 aliphatic rings. The zero-order valence-electron chi connectivity index (χ0n) is 20.7. The van der Waals surface area contributed by atoms with E-state index in [1.54, 1.807) is 37.6 Å². The summed E-state index contributed by atoms with van der Waals surface area (Å²) >= 11 is 0. The molecule has 0 aliphatic heterocycles. The van der Waals surface area contributed by atoms with Gasteiger partial charge in [0.1, 0.15) is 18.1 Å². The molecule has 1 aromatic carbocycles. The predicted octanol–water partition coefficient (Wildman–Crippen LogP) is 5.62. The highest BCUT2D eigenvalue weighted by Gasteiger charge is 2.13. The van der Waals surface area contributed by atoms with E-state index < -0.39 is 8.07 Å².